The number of nitrogens with one attached hydrogen (secondary N) is 2. The lowest BCUT2D eigenvalue weighted by molar-refractivity contribution is -0.139. The molecule has 3 N–H and O–H groups in total. The number of amides is 2. The molecule has 1 aliphatic heterocycles. The third-order valence-corrected chi connectivity index (χ3v) is 5.58. The molecule has 27 heavy (non-hydrogen) atoms. The number of nitrogens with zero attached hydrogens (tertiary/aromatic N) is 1. The Kier molecular flexibility index (Phi) is 6.68. The van der Waals surface area contributed by atoms with Crippen LogP contribution < -0.4 is 10.6 Å². The molecule has 3 rings (SSSR count). The van der Waals surface area contributed by atoms with E-state index in [1.807, 2.05) is 30.0 Å². The lowest BCUT2D eigenvalue weighted by Gasteiger charge is -2.42. The average Bonchev–Trinajstić information content (AvgIpc) is 3.10. The summed E-state index contributed by atoms with van der Waals surface area (Å²) >= 11 is 0. The van der Waals surface area contributed by atoms with Gasteiger partial charge >= 0.3 is 12.0 Å². The number of hydrogen-bond acceptors (Lipinski definition) is 4. The summed E-state index contributed by atoms with van der Waals surface area (Å²) in [4.78, 5) is 25.0. The van der Waals surface area contributed by atoms with E-state index in [4.69, 9.17) is 9.84 Å². The summed E-state index contributed by atoms with van der Waals surface area (Å²) in [5, 5.41) is 14.9. The van der Waals surface area contributed by atoms with Crippen molar-refractivity contribution in [2.45, 2.75) is 44.4 Å². The standard InChI is InChI=1S/C20H29N3O4/c1-2-23(13-18(24)25)17-10-16(11-17)22-20(26)21-12-15-8-9-27-19(15)14-6-4-3-5-7-14/h3-7,15-17,19H,2,8-13H2,1H3,(H,24,25)(H2,21,22,26)/t15-,16?,17?,19-/m1/s1. The Morgan fingerprint density at radius 1 is 1.26 bits per heavy atom. The fourth-order valence-corrected chi connectivity index (χ4v) is 3.99. The van der Waals surface area contributed by atoms with Gasteiger partial charge in [0.25, 0.3) is 0 Å². The Balaban J connectivity index is 1.39. The molecule has 0 bridgehead atoms. The maximum atomic E-state index is 12.2. The minimum atomic E-state index is -0.808. The van der Waals surface area contributed by atoms with Gasteiger partial charge in [0.05, 0.1) is 12.6 Å². The summed E-state index contributed by atoms with van der Waals surface area (Å²) in [6.07, 6.45) is 2.57. The minimum Gasteiger partial charge on any atom is -0.480 e. The second-order valence-electron chi connectivity index (χ2n) is 7.38. The first-order valence-electron chi connectivity index (χ1n) is 9.73. The number of aliphatic carboxylic acids is 1. The maximum Gasteiger partial charge on any atom is 0.317 e. The van der Waals surface area contributed by atoms with E-state index in [0.717, 1.165) is 24.8 Å². The molecular formula is C20H29N3O4. The van der Waals surface area contributed by atoms with Gasteiger partial charge in [-0.1, -0.05) is 37.3 Å². The molecule has 1 aromatic carbocycles. The Bertz CT molecular complexity index is 633. The minimum absolute atomic E-state index is 0.0358. The van der Waals surface area contributed by atoms with Crippen molar-refractivity contribution in [1.82, 2.24) is 15.5 Å². The number of carbonyl (C=O) groups excluding carboxylic acids is 1. The number of carbonyl (C=O) groups is 2. The molecule has 0 aromatic heterocycles. The molecule has 0 unspecified atom stereocenters. The van der Waals surface area contributed by atoms with Crippen LogP contribution in [-0.4, -0.2) is 60.3 Å². The van der Waals surface area contributed by atoms with Gasteiger partial charge in [0.1, 0.15) is 0 Å². The van der Waals surface area contributed by atoms with Crippen molar-refractivity contribution in [3.63, 3.8) is 0 Å². The van der Waals surface area contributed by atoms with Crippen LogP contribution in [0.2, 0.25) is 0 Å². The van der Waals surface area contributed by atoms with Crippen molar-refractivity contribution in [3.05, 3.63) is 35.9 Å². The molecule has 1 aliphatic carbocycles. The molecule has 7 heteroatoms. The van der Waals surface area contributed by atoms with Crippen LogP contribution in [0.4, 0.5) is 4.79 Å². The van der Waals surface area contributed by atoms with Gasteiger partial charge in [0.2, 0.25) is 0 Å². The van der Waals surface area contributed by atoms with E-state index in [2.05, 4.69) is 22.8 Å². The van der Waals surface area contributed by atoms with E-state index in [-0.39, 0.29) is 36.7 Å². The Hall–Kier alpha value is -2.12. The number of benzene rings is 1. The highest BCUT2D eigenvalue weighted by Crippen LogP contribution is 2.33. The molecule has 2 amide bonds. The molecule has 2 atom stereocenters. The Labute approximate surface area is 160 Å². The molecule has 0 radical (unpaired) electrons. The molecule has 0 spiro atoms. The van der Waals surface area contributed by atoms with E-state index in [1.165, 1.54) is 0 Å². The van der Waals surface area contributed by atoms with E-state index in [1.54, 1.807) is 0 Å². The largest absolute Gasteiger partial charge is 0.480 e. The molecule has 1 saturated carbocycles. The Morgan fingerprint density at radius 2 is 2.00 bits per heavy atom. The average molecular weight is 375 g/mol. The van der Waals surface area contributed by atoms with Crippen LogP contribution in [0.3, 0.4) is 0 Å². The smallest absolute Gasteiger partial charge is 0.317 e. The van der Waals surface area contributed by atoms with E-state index >= 15 is 0 Å². The molecule has 2 fully saturated rings. The van der Waals surface area contributed by atoms with Crippen molar-refractivity contribution >= 4 is 12.0 Å². The van der Waals surface area contributed by atoms with Gasteiger partial charge in [-0.25, -0.2) is 4.79 Å². The molecule has 7 nitrogen and oxygen atoms in total. The summed E-state index contributed by atoms with van der Waals surface area (Å²) in [7, 11) is 0. The van der Waals surface area contributed by atoms with Crippen LogP contribution in [0, 0.1) is 5.92 Å². The van der Waals surface area contributed by atoms with Crippen LogP contribution >= 0.6 is 0 Å². The number of urea groups is 1. The highest BCUT2D eigenvalue weighted by atomic mass is 16.5. The van der Waals surface area contributed by atoms with Crippen LogP contribution in [0.1, 0.15) is 37.9 Å². The van der Waals surface area contributed by atoms with Crippen molar-refractivity contribution in [2.24, 2.45) is 5.92 Å². The first-order chi connectivity index (χ1) is 13.1. The fourth-order valence-electron chi connectivity index (χ4n) is 3.99. The SMILES string of the molecule is CCN(CC(=O)O)C1CC(NC(=O)NC[C@H]2CCO[C@@H]2c2ccccc2)C1. The molecule has 1 aromatic rings. The van der Waals surface area contributed by atoms with Crippen LogP contribution in [0.15, 0.2) is 30.3 Å². The van der Waals surface area contributed by atoms with Gasteiger partial charge in [-0.3, -0.25) is 9.69 Å². The number of carboxylic acid groups (broad SMARTS) is 1. The monoisotopic (exact) mass is 375 g/mol. The van der Waals surface area contributed by atoms with Crippen molar-refractivity contribution in [2.75, 3.05) is 26.2 Å². The van der Waals surface area contributed by atoms with Gasteiger partial charge in [-0.2, -0.15) is 0 Å². The number of likely N-dealkylation sites (N-methyl/N-ethyl adjacent to an activating group) is 1. The topological polar surface area (TPSA) is 90.9 Å². The van der Waals surface area contributed by atoms with E-state index in [0.29, 0.717) is 19.7 Å². The lowest BCUT2D eigenvalue weighted by atomic mass is 9.85. The highest BCUT2D eigenvalue weighted by molar-refractivity contribution is 5.74. The zero-order valence-corrected chi connectivity index (χ0v) is 15.8. The van der Waals surface area contributed by atoms with E-state index in [9.17, 15) is 9.59 Å². The second-order valence-corrected chi connectivity index (χ2v) is 7.38. The molecule has 2 aliphatic rings. The first kappa shape index (κ1) is 19.6. The predicted octanol–water partition coefficient (Wildman–Crippen LogP) is 2.00. The van der Waals surface area contributed by atoms with Gasteiger partial charge in [0, 0.05) is 31.2 Å². The zero-order chi connectivity index (χ0) is 19.2. The lowest BCUT2D eigenvalue weighted by Crippen LogP contribution is -2.56. The predicted molar refractivity (Wildman–Crippen MR) is 101 cm³/mol. The van der Waals surface area contributed by atoms with Crippen molar-refractivity contribution in [1.29, 1.82) is 0 Å². The van der Waals surface area contributed by atoms with Crippen molar-refractivity contribution in [3.8, 4) is 0 Å². The number of hydrogen-bond donors (Lipinski definition) is 3. The second kappa shape index (κ2) is 9.19. The fraction of sp³-hybridized carbons (Fsp3) is 0.600. The van der Waals surface area contributed by atoms with Gasteiger partial charge < -0.3 is 20.5 Å². The van der Waals surface area contributed by atoms with Crippen LogP contribution in [-0.2, 0) is 9.53 Å². The van der Waals surface area contributed by atoms with Crippen LogP contribution in [0.5, 0.6) is 0 Å². The third kappa shape index (κ3) is 5.20. The summed E-state index contributed by atoms with van der Waals surface area (Å²) < 4.78 is 5.86. The maximum absolute atomic E-state index is 12.2. The van der Waals surface area contributed by atoms with Crippen LogP contribution in [0.25, 0.3) is 0 Å². The van der Waals surface area contributed by atoms with Crippen molar-refractivity contribution < 1.29 is 19.4 Å². The first-order valence-corrected chi connectivity index (χ1v) is 9.73. The number of ether oxygens (including phenoxy) is 1. The highest BCUT2D eigenvalue weighted by Gasteiger charge is 2.35. The normalized spacial score (nSPS) is 27.2. The zero-order valence-electron chi connectivity index (χ0n) is 15.8. The molecule has 148 valence electrons. The number of carboxylic acids is 1. The quantitative estimate of drug-likeness (QED) is 0.646. The summed E-state index contributed by atoms with van der Waals surface area (Å²) in [5.74, 6) is -0.531. The van der Waals surface area contributed by atoms with Gasteiger partial charge in [-0.15, -0.1) is 0 Å². The molecular weight excluding hydrogens is 346 g/mol. The summed E-state index contributed by atoms with van der Waals surface area (Å²) in [5.41, 5.74) is 1.15. The summed E-state index contributed by atoms with van der Waals surface area (Å²) in [6, 6.07) is 10.3. The summed E-state index contributed by atoms with van der Waals surface area (Å²) in [6.45, 7) is 4.03. The number of rotatable bonds is 8. The third-order valence-electron chi connectivity index (χ3n) is 5.58. The van der Waals surface area contributed by atoms with Gasteiger partial charge in [-0.05, 0) is 31.4 Å². The molecule has 1 saturated heterocycles. The van der Waals surface area contributed by atoms with Gasteiger partial charge in [0.15, 0.2) is 0 Å². The Morgan fingerprint density at radius 3 is 2.67 bits per heavy atom. The molecule has 1 heterocycles. The van der Waals surface area contributed by atoms with E-state index < -0.39 is 5.97 Å².